The highest BCUT2D eigenvalue weighted by atomic mass is 31.2. The number of benzene rings is 2. The fourth-order valence-corrected chi connectivity index (χ4v) is 5.13. The highest BCUT2D eigenvalue weighted by molar-refractivity contribution is 7.85. The lowest BCUT2D eigenvalue weighted by atomic mass is 10.3. The predicted octanol–water partition coefficient (Wildman–Crippen LogP) is 2.74. The molecule has 0 spiro atoms. The minimum atomic E-state index is -3.13. The molecule has 0 N–H and O–H groups in total. The average molecular weight is 339 g/mol. The molecule has 0 atom stereocenters. The van der Waals surface area contributed by atoms with Crippen molar-refractivity contribution >= 4 is 23.2 Å². The summed E-state index contributed by atoms with van der Waals surface area (Å²) in [5.74, 6) is 1.32. The maximum Gasteiger partial charge on any atom is 0.188 e. The van der Waals surface area contributed by atoms with Gasteiger partial charge >= 0.3 is 0 Å². The lowest BCUT2D eigenvalue weighted by Crippen LogP contribution is -2.27. The van der Waals surface area contributed by atoms with Crippen LogP contribution in [0.4, 0.5) is 0 Å². The Kier molecular flexibility index (Phi) is 4.68. The number of hydrogen-bond acceptors (Lipinski definition) is 4. The topological polar surface area (TPSA) is 48.4 Å². The van der Waals surface area contributed by atoms with Gasteiger partial charge in [0, 0.05) is 16.8 Å². The van der Waals surface area contributed by atoms with Gasteiger partial charge in [-0.05, 0) is 36.4 Å². The van der Waals surface area contributed by atoms with Crippen LogP contribution >= 0.6 is 7.14 Å². The van der Waals surface area contributed by atoms with Crippen molar-refractivity contribution in [3.63, 3.8) is 0 Å². The highest BCUT2D eigenvalue weighted by Gasteiger charge is 2.31. The summed E-state index contributed by atoms with van der Waals surface area (Å²) < 4.78 is 24.8. The molecule has 0 bridgehead atoms. The molecule has 4 nitrogen and oxygen atoms in total. The molecule has 0 saturated carbocycles. The number of nitrogens with zero attached hydrogens (tertiary/aromatic N) is 1. The molecule has 24 heavy (non-hydrogen) atoms. The monoisotopic (exact) mass is 339 g/mol. The van der Waals surface area contributed by atoms with Crippen LogP contribution < -0.4 is 25.5 Å². The summed E-state index contributed by atoms with van der Waals surface area (Å²) >= 11 is 0. The molecular weight excluding hydrogens is 321 g/mol. The second-order valence-electron chi connectivity index (χ2n) is 5.20. The normalized spacial score (nSPS) is 11.1. The highest BCUT2D eigenvalue weighted by Crippen LogP contribution is 2.42. The smallest absolute Gasteiger partial charge is 0.188 e. The number of aromatic nitrogens is 1. The zero-order valence-corrected chi connectivity index (χ0v) is 14.4. The molecule has 0 amide bonds. The van der Waals surface area contributed by atoms with Crippen LogP contribution in [-0.2, 0) is 4.57 Å². The number of ether oxygens (including phenoxy) is 2. The second kappa shape index (κ2) is 6.90. The van der Waals surface area contributed by atoms with Gasteiger partial charge in [0.25, 0.3) is 0 Å². The van der Waals surface area contributed by atoms with E-state index in [1.807, 2.05) is 48.5 Å². The Morgan fingerprint density at radius 2 is 1.38 bits per heavy atom. The summed E-state index contributed by atoms with van der Waals surface area (Å²) in [6.45, 7) is 0. The Morgan fingerprint density at radius 1 is 0.792 bits per heavy atom. The van der Waals surface area contributed by atoms with Gasteiger partial charge in [0.05, 0.1) is 14.2 Å². The first kappa shape index (κ1) is 16.3. The molecule has 1 aromatic heterocycles. The molecular formula is C19H18NO3P. The number of methoxy groups -OCH3 is 2. The first-order valence-electron chi connectivity index (χ1n) is 7.49. The Hall–Kier alpha value is -2.58. The summed E-state index contributed by atoms with van der Waals surface area (Å²) in [5, 5.41) is 1.35. The molecule has 1 heterocycles. The number of rotatable bonds is 5. The number of pyridine rings is 1. The van der Waals surface area contributed by atoms with E-state index in [4.69, 9.17) is 9.47 Å². The van der Waals surface area contributed by atoms with Gasteiger partial charge in [-0.3, -0.25) is 4.98 Å². The summed E-state index contributed by atoms with van der Waals surface area (Å²) in [6.07, 6.45) is 1.66. The minimum absolute atomic E-state index is 0.534. The van der Waals surface area contributed by atoms with E-state index in [2.05, 4.69) is 4.98 Å². The summed E-state index contributed by atoms with van der Waals surface area (Å²) in [7, 11) is 0.0594. The molecule has 0 saturated heterocycles. The Balaban J connectivity index is 2.27. The quantitative estimate of drug-likeness (QED) is 0.671. The Morgan fingerprint density at radius 3 is 1.83 bits per heavy atom. The molecule has 0 aliphatic carbocycles. The first-order chi connectivity index (χ1) is 11.7. The first-order valence-corrected chi connectivity index (χ1v) is 9.20. The van der Waals surface area contributed by atoms with Crippen molar-refractivity contribution in [1.82, 2.24) is 4.98 Å². The summed E-state index contributed by atoms with van der Waals surface area (Å²) in [6, 6.07) is 20.1. The van der Waals surface area contributed by atoms with Crippen molar-refractivity contribution in [2.45, 2.75) is 0 Å². The van der Waals surface area contributed by atoms with Gasteiger partial charge in [-0.2, -0.15) is 0 Å². The fourth-order valence-electron chi connectivity index (χ4n) is 2.57. The summed E-state index contributed by atoms with van der Waals surface area (Å²) in [4.78, 5) is 4.37. The van der Waals surface area contributed by atoms with Crippen LogP contribution in [0.2, 0.25) is 0 Å². The van der Waals surface area contributed by atoms with Gasteiger partial charge in [0.2, 0.25) is 0 Å². The van der Waals surface area contributed by atoms with Crippen LogP contribution in [-0.4, -0.2) is 19.2 Å². The van der Waals surface area contributed by atoms with Crippen molar-refractivity contribution in [2.75, 3.05) is 14.2 Å². The third-order valence-corrected chi connectivity index (χ3v) is 6.73. The van der Waals surface area contributed by atoms with Crippen LogP contribution in [0, 0.1) is 0 Å². The van der Waals surface area contributed by atoms with E-state index in [0.29, 0.717) is 27.5 Å². The van der Waals surface area contributed by atoms with Gasteiger partial charge in [-0.25, -0.2) is 0 Å². The molecule has 0 aliphatic rings. The third-order valence-electron chi connectivity index (χ3n) is 3.81. The largest absolute Gasteiger partial charge is 0.497 e. The fraction of sp³-hybridized carbons (Fsp3) is 0.105. The van der Waals surface area contributed by atoms with Gasteiger partial charge in [-0.15, -0.1) is 0 Å². The maximum absolute atomic E-state index is 14.2. The van der Waals surface area contributed by atoms with Crippen molar-refractivity contribution < 1.29 is 14.0 Å². The minimum Gasteiger partial charge on any atom is -0.497 e. The molecule has 0 unspecified atom stereocenters. The van der Waals surface area contributed by atoms with E-state index in [0.717, 1.165) is 0 Å². The zero-order valence-electron chi connectivity index (χ0n) is 13.5. The molecule has 2 aromatic carbocycles. The van der Waals surface area contributed by atoms with Gasteiger partial charge in [-0.1, -0.05) is 30.3 Å². The van der Waals surface area contributed by atoms with E-state index < -0.39 is 7.14 Å². The Bertz CT molecular complexity index is 829. The number of hydrogen-bond donors (Lipinski definition) is 0. The van der Waals surface area contributed by atoms with Crippen molar-refractivity contribution in [2.24, 2.45) is 0 Å². The molecule has 0 radical (unpaired) electrons. The zero-order chi connectivity index (χ0) is 17.0. The maximum atomic E-state index is 14.2. The second-order valence-corrected chi connectivity index (χ2v) is 7.91. The van der Waals surface area contributed by atoms with Crippen LogP contribution in [0.5, 0.6) is 11.5 Å². The lowest BCUT2D eigenvalue weighted by Gasteiger charge is -2.19. The van der Waals surface area contributed by atoms with Crippen molar-refractivity contribution in [3.05, 3.63) is 72.9 Å². The van der Waals surface area contributed by atoms with Crippen molar-refractivity contribution in [3.8, 4) is 11.5 Å². The van der Waals surface area contributed by atoms with Gasteiger partial charge in [0.15, 0.2) is 7.14 Å². The molecule has 122 valence electrons. The van der Waals surface area contributed by atoms with Crippen LogP contribution in [0.3, 0.4) is 0 Å². The van der Waals surface area contributed by atoms with Crippen molar-refractivity contribution in [1.29, 1.82) is 0 Å². The average Bonchev–Trinajstić information content (AvgIpc) is 2.68. The predicted molar refractivity (Wildman–Crippen MR) is 96.7 cm³/mol. The summed E-state index contributed by atoms with van der Waals surface area (Å²) in [5.41, 5.74) is 0.534. The van der Waals surface area contributed by atoms with E-state index in [1.165, 1.54) is 0 Å². The van der Waals surface area contributed by atoms with E-state index in [-0.39, 0.29) is 0 Å². The lowest BCUT2D eigenvalue weighted by molar-refractivity contribution is 0.415. The van der Waals surface area contributed by atoms with Crippen LogP contribution in [0.25, 0.3) is 0 Å². The van der Waals surface area contributed by atoms with E-state index >= 15 is 0 Å². The molecule has 3 aromatic rings. The van der Waals surface area contributed by atoms with E-state index in [9.17, 15) is 4.57 Å². The van der Waals surface area contributed by atoms with E-state index in [1.54, 1.807) is 38.6 Å². The molecule has 0 aliphatic heterocycles. The standard InChI is InChI=1S/C19H18NO3P/c1-22-15-7-5-9-17(13-15)24(21,19-11-3-4-12-20-19)18-10-6-8-16(14-18)23-2/h3-14H,1-2H3. The SMILES string of the molecule is COc1cccc(P(=O)(c2cccc(OC)c2)c2ccccn2)c1. The molecule has 0 fully saturated rings. The van der Waals surface area contributed by atoms with Gasteiger partial charge < -0.3 is 14.0 Å². The Labute approximate surface area is 141 Å². The third kappa shape index (κ3) is 2.93. The van der Waals surface area contributed by atoms with Crippen LogP contribution in [0.1, 0.15) is 0 Å². The molecule has 5 heteroatoms. The van der Waals surface area contributed by atoms with Gasteiger partial charge in [0.1, 0.15) is 16.9 Å². The molecule has 3 rings (SSSR count). The van der Waals surface area contributed by atoms with Crippen LogP contribution in [0.15, 0.2) is 72.9 Å².